The van der Waals surface area contributed by atoms with Crippen molar-refractivity contribution in [1.82, 2.24) is 15.2 Å². The van der Waals surface area contributed by atoms with Crippen molar-refractivity contribution in [3.63, 3.8) is 0 Å². The van der Waals surface area contributed by atoms with Gasteiger partial charge in [0.2, 0.25) is 0 Å². The van der Waals surface area contributed by atoms with Gasteiger partial charge in [0, 0.05) is 25.2 Å². The monoisotopic (exact) mass is 293 g/mol. The quantitative estimate of drug-likeness (QED) is 0.617. The van der Waals surface area contributed by atoms with E-state index in [1.165, 1.54) is 6.07 Å². The molecule has 2 N–H and O–H groups in total. The van der Waals surface area contributed by atoms with Crippen LogP contribution in [-0.2, 0) is 0 Å². The molecular formula is C13H19N5O3. The molecule has 0 aliphatic carbocycles. The van der Waals surface area contributed by atoms with Crippen molar-refractivity contribution < 1.29 is 9.72 Å². The predicted octanol–water partition coefficient (Wildman–Crippen LogP) is 0.855. The van der Waals surface area contributed by atoms with Crippen LogP contribution < -0.4 is 10.6 Å². The van der Waals surface area contributed by atoms with E-state index in [4.69, 9.17) is 0 Å². The van der Waals surface area contributed by atoms with Crippen molar-refractivity contribution in [3.05, 3.63) is 27.9 Å². The number of pyridine rings is 1. The zero-order valence-electron chi connectivity index (χ0n) is 12.1. The molecule has 1 aliphatic rings. The first-order valence-corrected chi connectivity index (χ1v) is 6.89. The molecule has 1 aromatic rings. The number of nitrogens with one attached hydrogen (secondary N) is 2. The third-order valence-corrected chi connectivity index (χ3v) is 3.40. The van der Waals surface area contributed by atoms with E-state index >= 15 is 0 Å². The van der Waals surface area contributed by atoms with Gasteiger partial charge in [0.1, 0.15) is 12.0 Å². The van der Waals surface area contributed by atoms with Gasteiger partial charge in [-0.1, -0.05) is 0 Å². The average molecular weight is 293 g/mol. The smallest absolute Gasteiger partial charge is 0.288 e. The number of carbonyl (C=O) groups is 1. The Labute approximate surface area is 122 Å². The summed E-state index contributed by atoms with van der Waals surface area (Å²) in [4.78, 5) is 28.7. The summed E-state index contributed by atoms with van der Waals surface area (Å²) in [7, 11) is 1.99. The second-order valence-electron chi connectivity index (χ2n) is 5.10. The highest BCUT2D eigenvalue weighted by molar-refractivity contribution is 5.99. The largest absolute Gasteiger partial charge is 0.370 e. The fraction of sp³-hybridized carbons (Fsp3) is 0.538. The molecule has 114 valence electrons. The number of amides is 1. The Morgan fingerprint density at radius 1 is 1.62 bits per heavy atom. The maximum Gasteiger partial charge on any atom is 0.288 e. The minimum Gasteiger partial charge on any atom is -0.370 e. The van der Waals surface area contributed by atoms with E-state index in [9.17, 15) is 14.9 Å². The summed E-state index contributed by atoms with van der Waals surface area (Å²) in [5.41, 5.74) is 0.0194. The third kappa shape index (κ3) is 3.66. The molecule has 8 heteroatoms. The number of rotatable bonds is 5. The Kier molecular flexibility index (Phi) is 4.69. The van der Waals surface area contributed by atoms with Crippen LogP contribution in [0.5, 0.6) is 0 Å². The number of hydrogen-bond acceptors (Lipinski definition) is 6. The van der Waals surface area contributed by atoms with Crippen molar-refractivity contribution in [2.75, 3.05) is 32.0 Å². The summed E-state index contributed by atoms with van der Waals surface area (Å²) in [5.74, 6) is 0.0365. The van der Waals surface area contributed by atoms with Gasteiger partial charge < -0.3 is 15.5 Å². The van der Waals surface area contributed by atoms with Gasteiger partial charge in [0.25, 0.3) is 11.6 Å². The first kappa shape index (κ1) is 15.2. The van der Waals surface area contributed by atoms with Gasteiger partial charge in [-0.25, -0.2) is 4.98 Å². The second kappa shape index (κ2) is 6.49. The Morgan fingerprint density at radius 2 is 2.38 bits per heavy atom. The molecular weight excluding hydrogens is 274 g/mol. The van der Waals surface area contributed by atoms with Gasteiger partial charge in [-0.2, -0.15) is 0 Å². The molecule has 0 aromatic carbocycles. The molecule has 2 heterocycles. The highest BCUT2D eigenvalue weighted by Crippen LogP contribution is 2.19. The Morgan fingerprint density at radius 3 is 2.95 bits per heavy atom. The second-order valence-corrected chi connectivity index (χ2v) is 5.10. The maximum absolute atomic E-state index is 12.3. The molecule has 1 fully saturated rings. The van der Waals surface area contributed by atoms with Crippen LogP contribution in [0.3, 0.4) is 0 Å². The van der Waals surface area contributed by atoms with Gasteiger partial charge in [-0.3, -0.25) is 14.9 Å². The van der Waals surface area contributed by atoms with Gasteiger partial charge in [-0.15, -0.1) is 0 Å². The van der Waals surface area contributed by atoms with Crippen LogP contribution in [0.15, 0.2) is 12.3 Å². The van der Waals surface area contributed by atoms with Crippen LogP contribution in [0, 0.1) is 10.1 Å². The molecule has 1 aromatic heterocycles. The van der Waals surface area contributed by atoms with E-state index in [0.717, 1.165) is 25.7 Å². The fourth-order valence-corrected chi connectivity index (χ4v) is 2.35. The van der Waals surface area contributed by atoms with E-state index < -0.39 is 4.92 Å². The molecule has 0 radical (unpaired) electrons. The van der Waals surface area contributed by atoms with Crippen LogP contribution in [0.2, 0.25) is 0 Å². The number of carbonyl (C=O) groups excluding carboxylic acids is 1. The molecule has 1 amide bonds. The van der Waals surface area contributed by atoms with E-state index in [1.807, 2.05) is 14.0 Å². The molecule has 1 atom stereocenters. The number of likely N-dealkylation sites (N-methyl/N-ethyl adjacent to an activating group) is 1. The van der Waals surface area contributed by atoms with Crippen molar-refractivity contribution in [2.24, 2.45) is 0 Å². The number of hydrogen-bond donors (Lipinski definition) is 2. The summed E-state index contributed by atoms with van der Waals surface area (Å²) in [5, 5.41) is 16.7. The predicted molar refractivity (Wildman–Crippen MR) is 78.4 cm³/mol. The lowest BCUT2D eigenvalue weighted by molar-refractivity contribution is -0.385. The van der Waals surface area contributed by atoms with Gasteiger partial charge in [0.15, 0.2) is 0 Å². The van der Waals surface area contributed by atoms with Crippen LogP contribution in [0.4, 0.5) is 11.5 Å². The Bertz CT molecular complexity index is 549. The zero-order chi connectivity index (χ0) is 15.4. The van der Waals surface area contributed by atoms with E-state index in [1.54, 1.807) is 0 Å². The Balaban J connectivity index is 2.20. The summed E-state index contributed by atoms with van der Waals surface area (Å²) in [6, 6.07) is 1.33. The molecule has 1 unspecified atom stereocenters. The number of aromatic nitrogens is 1. The topological polar surface area (TPSA) is 100 Å². The van der Waals surface area contributed by atoms with E-state index in [-0.39, 0.29) is 23.2 Å². The minimum atomic E-state index is -0.553. The van der Waals surface area contributed by atoms with Crippen LogP contribution >= 0.6 is 0 Å². The van der Waals surface area contributed by atoms with Gasteiger partial charge in [0.05, 0.1) is 10.5 Å². The van der Waals surface area contributed by atoms with E-state index in [0.29, 0.717) is 12.4 Å². The normalized spacial score (nSPS) is 18.5. The lowest BCUT2D eigenvalue weighted by Crippen LogP contribution is -2.37. The summed E-state index contributed by atoms with van der Waals surface area (Å²) >= 11 is 0. The Hall–Kier alpha value is -2.22. The van der Waals surface area contributed by atoms with Crippen molar-refractivity contribution in [3.8, 4) is 0 Å². The standard InChI is InChI=1S/C13H19N5O3/c1-3-14-12-11(6-10(7-15-12)18(20)21)13(19)16-9-4-5-17(2)8-9/h6-7,9H,3-5,8H2,1-2H3,(H,14,15)(H,16,19). The van der Waals surface area contributed by atoms with Crippen molar-refractivity contribution >= 4 is 17.4 Å². The molecule has 0 spiro atoms. The number of anilines is 1. The molecule has 1 aliphatic heterocycles. The lowest BCUT2D eigenvalue weighted by Gasteiger charge is -2.14. The van der Waals surface area contributed by atoms with Gasteiger partial charge >= 0.3 is 0 Å². The van der Waals surface area contributed by atoms with Crippen LogP contribution in [0.25, 0.3) is 0 Å². The van der Waals surface area contributed by atoms with Crippen LogP contribution in [-0.4, -0.2) is 53.4 Å². The molecule has 21 heavy (non-hydrogen) atoms. The summed E-state index contributed by atoms with van der Waals surface area (Å²) in [6.45, 7) is 4.16. The highest BCUT2D eigenvalue weighted by atomic mass is 16.6. The molecule has 1 saturated heterocycles. The first-order chi connectivity index (χ1) is 10.0. The molecule has 0 saturated carbocycles. The maximum atomic E-state index is 12.3. The SMILES string of the molecule is CCNc1ncc([N+](=O)[O-])cc1C(=O)NC1CCN(C)C1. The van der Waals surface area contributed by atoms with Gasteiger partial charge in [-0.05, 0) is 26.9 Å². The number of likely N-dealkylation sites (tertiary alicyclic amines) is 1. The average Bonchev–Trinajstić information content (AvgIpc) is 2.84. The van der Waals surface area contributed by atoms with Crippen molar-refractivity contribution in [2.45, 2.75) is 19.4 Å². The first-order valence-electron chi connectivity index (χ1n) is 6.89. The minimum absolute atomic E-state index is 0.0660. The lowest BCUT2D eigenvalue weighted by atomic mass is 10.2. The van der Waals surface area contributed by atoms with Crippen molar-refractivity contribution in [1.29, 1.82) is 0 Å². The summed E-state index contributed by atoms with van der Waals surface area (Å²) < 4.78 is 0. The fourth-order valence-electron chi connectivity index (χ4n) is 2.35. The zero-order valence-corrected chi connectivity index (χ0v) is 12.1. The molecule has 8 nitrogen and oxygen atoms in total. The summed E-state index contributed by atoms with van der Waals surface area (Å²) in [6.07, 6.45) is 2.03. The van der Waals surface area contributed by atoms with E-state index in [2.05, 4.69) is 20.5 Å². The molecule has 0 bridgehead atoms. The highest BCUT2D eigenvalue weighted by Gasteiger charge is 2.24. The third-order valence-electron chi connectivity index (χ3n) is 3.40. The number of nitrogens with zero attached hydrogens (tertiary/aromatic N) is 3. The molecule has 2 rings (SSSR count). The van der Waals surface area contributed by atoms with Crippen LogP contribution in [0.1, 0.15) is 23.7 Å². The number of nitro groups is 1.